The van der Waals surface area contributed by atoms with E-state index < -0.39 is 6.61 Å². The summed E-state index contributed by atoms with van der Waals surface area (Å²) in [6.45, 7) is -1.55. The molecule has 118 valence electrons. The zero-order valence-corrected chi connectivity index (χ0v) is 13.1. The molecule has 1 aliphatic rings. The molecule has 21 heavy (non-hydrogen) atoms. The highest BCUT2D eigenvalue weighted by atomic mass is 35.5. The van der Waals surface area contributed by atoms with Crippen LogP contribution in [0.3, 0.4) is 0 Å². The smallest absolute Gasteiger partial charge is 0.387 e. The molecule has 0 amide bonds. The number of nitrogens with zero attached hydrogens (tertiary/aromatic N) is 1. The van der Waals surface area contributed by atoms with E-state index in [1.807, 2.05) is 0 Å². The zero-order chi connectivity index (χ0) is 15.5. The van der Waals surface area contributed by atoms with Gasteiger partial charge in [-0.15, -0.1) is 0 Å². The number of halogens is 3. The lowest BCUT2D eigenvalue weighted by molar-refractivity contribution is -0.0505. The van der Waals surface area contributed by atoms with Gasteiger partial charge in [-0.3, -0.25) is 0 Å². The standard InChI is InChI=1S/C15H21ClF2N2O/c1-20(2)15(6-3-7-15)10-19-9-11-8-12(16)4-5-13(11)21-14(17)18/h4-5,8,14,19H,3,6-7,9-10H2,1-2H3. The van der Waals surface area contributed by atoms with Gasteiger partial charge in [-0.2, -0.15) is 8.78 Å². The first-order chi connectivity index (χ1) is 9.93. The molecule has 1 aromatic carbocycles. The van der Waals surface area contributed by atoms with Crippen LogP contribution < -0.4 is 10.1 Å². The van der Waals surface area contributed by atoms with E-state index in [0.717, 1.165) is 19.4 Å². The Hall–Kier alpha value is -0.910. The van der Waals surface area contributed by atoms with Crippen molar-refractivity contribution in [2.75, 3.05) is 20.6 Å². The molecule has 0 saturated heterocycles. The molecule has 0 aromatic heterocycles. The average molecular weight is 319 g/mol. The summed E-state index contributed by atoms with van der Waals surface area (Å²) in [6.07, 6.45) is 3.54. The third-order valence-electron chi connectivity index (χ3n) is 4.24. The van der Waals surface area contributed by atoms with Crippen molar-refractivity contribution in [2.45, 2.75) is 38.0 Å². The Morgan fingerprint density at radius 3 is 2.62 bits per heavy atom. The van der Waals surface area contributed by atoms with E-state index >= 15 is 0 Å². The van der Waals surface area contributed by atoms with E-state index in [-0.39, 0.29) is 11.3 Å². The Labute approximate surface area is 129 Å². The Bertz CT molecular complexity index is 479. The number of hydrogen-bond acceptors (Lipinski definition) is 3. The second kappa shape index (κ2) is 6.90. The fourth-order valence-corrected chi connectivity index (χ4v) is 2.89. The monoisotopic (exact) mass is 318 g/mol. The van der Waals surface area contributed by atoms with E-state index in [1.165, 1.54) is 12.5 Å². The molecule has 1 aliphatic carbocycles. The maximum atomic E-state index is 12.4. The maximum Gasteiger partial charge on any atom is 0.387 e. The van der Waals surface area contributed by atoms with Crippen LogP contribution in [0.4, 0.5) is 8.78 Å². The van der Waals surface area contributed by atoms with E-state index in [4.69, 9.17) is 11.6 Å². The number of rotatable bonds is 7. The molecular formula is C15H21ClF2N2O. The van der Waals surface area contributed by atoms with Crippen molar-refractivity contribution < 1.29 is 13.5 Å². The molecule has 0 unspecified atom stereocenters. The summed E-state index contributed by atoms with van der Waals surface area (Å²) in [6, 6.07) is 4.70. The molecule has 0 bridgehead atoms. The topological polar surface area (TPSA) is 24.5 Å². The highest BCUT2D eigenvalue weighted by Gasteiger charge is 2.38. The molecule has 1 saturated carbocycles. The molecule has 1 aromatic rings. The lowest BCUT2D eigenvalue weighted by Gasteiger charge is -2.47. The minimum atomic E-state index is -2.83. The minimum Gasteiger partial charge on any atom is -0.434 e. The van der Waals surface area contributed by atoms with Crippen LogP contribution in [-0.2, 0) is 6.54 Å². The van der Waals surface area contributed by atoms with Gasteiger partial charge in [0, 0.05) is 29.2 Å². The summed E-state index contributed by atoms with van der Waals surface area (Å²) in [7, 11) is 4.15. The number of benzene rings is 1. The van der Waals surface area contributed by atoms with Gasteiger partial charge in [0.05, 0.1) is 0 Å². The molecule has 0 atom stereocenters. The minimum absolute atomic E-state index is 0.175. The number of likely N-dealkylation sites (N-methyl/N-ethyl adjacent to an activating group) is 1. The number of nitrogens with one attached hydrogen (secondary N) is 1. The van der Waals surface area contributed by atoms with Gasteiger partial charge < -0.3 is 15.0 Å². The van der Waals surface area contributed by atoms with E-state index in [2.05, 4.69) is 29.0 Å². The first-order valence-electron chi connectivity index (χ1n) is 7.04. The van der Waals surface area contributed by atoms with Gasteiger partial charge >= 0.3 is 6.61 Å². The lowest BCUT2D eigenvalue weighted by Crippen LogP contribution is -2.56. The predicted molar refractivity (Wildman–Crippen MR) is 80.1 cm³/mol. The van der Waals surface area contributed by atoms with Crippen LogP contribution in [0.25, 0.3) is 0 Å². The predicted octanol–water partition coefficient (Wildman–Crippen LogP) is 3.52. The third-order valence-corrected chi connectivity index (χ3v) is 4.48. The fraction of sp³-hybridized carbons (Fsp3) is 0.600. The SMILES string of the molecule is CN(C)C1(CNCc2cc(Cl)ccc2OC(F)F)CCC1. The van der Waals surface area contributed by atoms with Crippen LogP contribution >= 0.6 is 11.6 Å². The molecule has 1 N–H and O–H groups in total. The zero-order valence-electron chi connectivity index (χ0n) is 12.3. The molecule has 2 rings (SSSR count). The van der Waals surface area contributed by atoms with Gasteiger partial charge in [0.15, 0.2) is 0 Å². The summed E-state index contributed by atoms with van der Waals surface area (Å²) in [5.41, 5.74) is 0.832. The van der Waals surface area contributed by atoms with Crippen LogP contribution in [0.1, 0.15) is 24.8 Å². The average Bonchev–Trinajstić information content (AvgIpc) is 2.34. The van der Waals surface area contributed by atoms with Crippen molar-refractivity contribution >= 4 is 11.6 Å². The first kappa shape index (κ1) is 16.5. The molecule has 1 fully saturated rings. The normalized spacial score (nSPS) is 17.1. The van der Waals surface area contributed by atoms with Crippen molar-refractivity contribution in [1.29, 1.82) is 0 Å². The second-order valence-corrected chi connectivity index (χ2v) is 6.14. The van der Waals surface area contributed by atoms with Crippen LogP contribution in [0, 0.1) is 0 Å². The summed E-state index contributed by atoms with van der Waals surface area (Å²) in [5.74, 6) is 0.175. The van der Waals surface area contributed by atoms with Crippen molar-refractivity contribution in [1.82, 2.24) is 10.2 Å². The molecule has 0 heterocycles. The van der Waals surface area contributed by atoms with Crippen molar-refractivity contribution in [2.24, 2.45) is 0 Å². The van der Waals surface area contributed by atoms with Gasteiger partial charge in [-0.25, -0.2) is 0 Å². The van der Waals surface area contributed by atoms with Crippen LogP contribution in [0.15, 0.2) is 18.2 Å². The van der Waals surface area contributed by atoms with E-state index in [1.54, 1.807) is 12.1 Å². The Balaban J connectivity index is 1.97. The summed E-state index contributed by atoms with van der Waals surface area (Å²) < 4.78 is 29.3. The van der Waals surface area contributed by atoms with Gasteiger partial charge in [0.2, 0.25) is 0 Å². The van der Waals surface area contributed by atoms with Crippen molar-refractivity contribution in [3.05, 3.63) is 28.8 Å². The molecule has 0 spiro atoms. The number of alkyl halides is 2. The number of hydrogen-bond donors (Lipinski definition) is 1. The molecule has 6 heteroatoms. The highest BCUT2D eigenvalue weighted by molar-refractivity contribution is 6.30. The van der Waals surface area contributed by atoms with Gasteiger partial charge in [-0.05, 0) is 51.6 Å². The van der Waals surface area contributed by atoms with E-state index in [9.17, 15) is 8.78 Å². The Morgan fingerprint density at radius 1 is 1.38 bits per heavy atom. The van der Waals surface area contributed by atoms with Crippen LogP contribution in [-0.4, -0.2) is 37.7 Å². The van der Waals surface area contributed by atoms with Crippen LogP contribution in [0.2, 0.25) is 5.02 Å². The van der Waals surface area contributed by atoms with Crippen molar-refractivity contribution in [3.63, 3.8) is 0 Å². The molecule has 0 aliphatic heterocycles. The second-order valence-electron chi connectivity index (χ2n) is 5.71. The Kier molecular flexibility index (Phi) is 5.41. The third kappa shape index (κ3) is 4.05. The van der Waals surface area contributed by atoms with Crippen molar-refractivity contribution in [3.8, 4) is 5.75 Å². The van der Waals surface area contributed by atoms with Gasteiger partial charge in [0.25, 0.3) is 0 Å². The molecular weight excluding hydrogens is 298 g/mol. The maximum absolute atomic E-state index is 12.4. The summed E-state index contributed by atoms with van der Waals surface area (Å²) >= 11 is 5.93. The molecule has 3 nitrogen and oxygen atoms in total. The Morgan fingerprint density at radius 2 is 2.10 bits per heavy atom. The van der Waals surface area contributed by atoms with Gasteiger partial charge in [-0.1, -0.05) is 11.6 Å². The number of ether oxygens (including phenoxy) is 1. The lowest BCUT2D eigenvalue weighted by atomic mass is 9.75. The summed E-state index contributed by atoms with van der Waals surface area (Å²) in [4.78, 5) is 2.23. The first-order valence-corrected chi connectivity index (χ1v) is 7.42. The van der Waals surface area contributed by atoms with E-state index in [0.29, 0.717) is 17.1 Å². The highest BCUT2D eigenvalue weighted by Crippen LogP contribution is 2.35. The van der Waals surface area contributed by atoms with Crippen LogP contribution in [0.5, 0.6) is 5.75 Å². The summed E-state index contributed by atoms with van der Waals surface area (Å²) in [5, 5.41) is 3.85. The molecule has 0 radical (unpaired) electrons. The quantitative estimate of drug-likeness (QED) is 0.832. The fourth-order valence-electron chi connectivity index (χ4n) is 2.69. The largest absolute Gasteiger partial charge is 0.434 e. The van der Waals surface area contributed by atoms with Gasteiger partial charge in [0.1, 0.15) is 5.75 Å².